The Morgan fingerprint density at radius 3 is 1.89 bits per heavy atom. The summed E-state index contributed by atoms with van der Waals surface area (Å²) in [5, 5.41) is 11.5. The largest absolute Gasteiger partial charge is 0.423 e. The lowest BCUT2D eigenvalue weighted by Crippen LogP contribution is -2.36. The zero-order chi connectivity index (χ0) is 19.3. The van der Waals surface area contributed by atoms with Gasteiger partial charge in [-0.25, -0.2) is 9.59 Å². The maximum Gasteiger partial charge on any atom is 0.328 e. The lowest BCUT2D eigenvalue weighted by molar-refractivity contribution is -0.385. The third-order valence-electron chi connectivity index (χ3n) is 4.11. The Morgan fingerprint density at radius 2 is 1.37 bits per heavy atom. The number of nitrogens with zero attached hydrogens (tertiary/aromatic N) is 1. The number of nitro groups is 1. The predicted molar refractivity (Wildman–Crippen MR) is 89.5 cm³/mol. The second-order valence-electron chi connectivity index (χ2n) is 5.65. The van der Waals surface area contributed by atoms with E-state index in [1.807, 2.05) is 9.97 Å². The molecule has 0 saturated heterocycles. The van der Waals surface area contributed by atoms with E-state index >= 15 is 0 Å². The zero-order valence-corrected chi connectivity index (χ0v) is 13.2. The van der Waals surface area contributed by atoms with Crippen molar-refractivity contribution in [2.45, 2.75) is 5.92 Å². The van der Waals surface area contributed by atoms with Gasteiger partial charge in [0.05, 0.1) is 22.0 Å². The summed E-state index contributed by atoms with van der Waals surface area (Å²) in [6, 6.07) is 5.51. The molecule has 4 rings (SSSR count). The Bertz CT molecular complexity index is 1260. The Balaban J connectivity index is 2.16. The molecule has 0 saturated carbocycles. The minimum Gasteiger partial charge on any atom is -0.423 e. The summed E-state index contributed by atoms with van der Waals surface area (Å²) in [6.45, 7) is 0. The molecule has 0 aliphatic carbocycles. The summed E-state index contributed by atoms with van der Waals surface area (Å²) in [6.07, 6.45) is 0. The number of benzene rings is 1. The van der Waals surface area contributed by atoms with Crippen LogP contribution in [-0.2, 0) is 0 Å². The average molecular weight is 371 g/mol. The minimum atomic E-state index is -1.26. The van der Waals surface area contributed by atoms with Crippen molar-refractivity contribution < 1.29 is 9.66 Å². The van der Waals surface area contributed by atoms with Crippen LogP contribution in [0.15, 0.2) is 43.4 Å². The zero-order valence-electron chi connectivity index (χ0n) is 13.2. The van der Waals surface area contributed by atoms with Gasteiger partial charge in [-0.15, -0.1) is 0 Å². The molecule has 27 heavy (non-hydrogen) atoms. The van der Waals surface area contributed by atoms with Gasteiger partial charge < -0.3 is 4.74 Å². The average Bonchev–Trinajstić information content (AvgIpc) is 2.59. The van der Waals surface area contributed by atoms with Gasteiger partial charge in [0.15, 0.2) is 0 Å². The highest BCUT2D eigenvalue weighted by atomic mass is 16.6. The molecule has 3 heterocycles. The van der Waals surface area contributed by atoms with E-state index in [4.69, 9.17) is 4.74 Å². The summed E-state index contributed by atoms with van der Waals surface area (Å²) in [5.74, 6) is -1.90. The third-order valence-corrected chi connectivity index (χ3v) is 4.11. The van der Waals surface area contributed by atoms with Crippen molar-refractivity contribution in [2.75, 3.05) is 0 Å². The molecule has 12 heteroatoms. The Hall–Kier alpha value is -4.22. The van der Waals surface area contributed by atoms with Crippen LogP contribution in [0, 0.1) is 10.1 Å². The molecule has 0 bridgehead atoms. The highest BCUT2D eigenvalue weighted by Gasteiger charge is 2.38. The topological polar surface area (TPSA) is 184 Å². The van der Waals surface area contributed by atoms with Crippen molar-refractivity contribution in [3.05, 3.63) is 92.7 Å². The molecule has 1 aliphatic heterocycles. The van der Waals surface area contributed by atoms with E-state index < -0.39 is 33.3 Å². The molecule has 0 unspecified atom stereocenters. The summed E-state index contributed by atoms with van der Waals surface area (Å²) in [5.41, 5.74) is -4.25. The molecule has 0 fully saturated rings. The van der Waals surface area contributed by atoms with E-state index in [-0.39, 0.29) is 34.1 Å². The first-order valence-electron chi connectivity index (χ1n) is 7.51. The Kier molecular flexibility index (Phi) is 3.41. The van der Waals surface area contributed by atoms with Gasteiger partial charge in [0.2, 0.25) is 11.8 Å². The van der Waals surface area contributed by atoms with Crippen molar-refractivity contribution in [2.24, 2.45) is 0 Å². The molecule has 1 aliphatic rings. The van der Waals surface area contributed by atoms with Crippen molar-refractivity contribution in [3.8, 4) is 11.8 Å². The van der Waals surface area contributed by atoms with Crippen LogP contribution in [0.1, 0.15) is 22.6 Å². The second-order valence-corrected chi connectivity index (χ2v) is 5.65. The highest BCUT2D eigenvalue weighted by Crippen LogP contribution is 2.43. The SMILES string of the molecule is O=c1[nH]c2c(c(=O)[nH]1)C(c1ccccc1[N+](=O)[O-])c1c([nH]c(=O)[nH]c1=O)O2. The second kappa shape index (κ2) is 5.66. The van der Waals surface area contributed by atoms with Crippen LogP contribution < -0.4 is 27.2 Å². The first kappa shape index (κ1) is 16.3. The number of hydrogen-bond acceptors (Lipinski definition) is 7. The molecule has 12 nitrogen and oxygen atoms in total. The lowest BCUT2D eigenvalue weighted by Gasteiger charge is -2.25. The summed E-state index contributed by atoms with van der Waals surface area (Å²) in [7, 11) is 0. The van der Waals surface area contributed by atoms with E-state index in [1.165, 1.54) is 24.3 Å². The molecule has 4 N–H and O–H groups in total. The molecule has 0 atom stereocenters. The number of aromatic amines is 4. The summed E-state index contributed by atoms with van der Waals surface area (Å²) < 4.78 is 5.33. The van der Waals surface area contributed by atoms with Crippen molar-refractivity contribution in [3.63, 3.8) is 0 Å². The standard InChI is InChI=1S/C15H9N5O7/c21-10-8-7(5-3-1-2-4-6(5)20(25)26)9-11(22)17-15(24)19-13(9)27-12(8)18-14(23)16-10/h1-4,7H,(H2,16,18,21,23)(H2,17,19,22,24). The van der Waals surface area contributed by atoms with Gasteiger partial charge in [0.1, 0.15) is 0 Å². The number of H-pyrrole nitrogens is 4. The van der Waals surface area contributed by atoms with E-state index in [9.17, 15) is 29.3 Å². The van der Waals surface area contributed by atoms with E-state index in [0.29, 0.717) is 0 Å². The van der Waals surface area contributed by atoms with Gasteiger partial charge in [-0.1, -0.05) is 18.2 Å². The van der Waals surface area contributed by atoms with Gasteiger partial charge in [0, 0.05) is 11.6 Å². The monoisotopic (exact) mass is 371 g/mol. The molecular formula is C15H9N5O7. The van der Waals surface area contributed by atoms with Crippen molar-refractivity contribution in [1.29, 1.82) is 0 Å². The molecule has 3 aromatic rings. The molecular weight excluding hydrogens is 362 g/mol. The molecule has 2 aromatic heterocycles. The number of para-hydroxylation sites is 1. The molecule has 1 aromatic carbocycles. The number of rotatable bonds is 2. The normalized spacial score (nSPS) is 12.7. The minimum absolute atomic E-state index is 0.0170. The van der Waals surface area contributed by atoms with Gasteiger partial charge in [-0.05, 0) is 0 Å². The van der Waals surface area contributed by atoms with E-state index in [0.717, 1.165) is 0 Å². The number of hydrogen-bond donors (Lipinski definition) is 4. The first-order chi connectivity index (χ1) is 12.9. The van der Waals surface area contributed by atoms with Crippen LogP contribution >= 0.6 is 0 Å². The highest BCUT2D eigenvalue weighted by molar-refractivity contribution is 5.57. The number of fused-ring (bicyclic) bond motifs is 2. The fourth-order valence-corrected chi connectivity index (χ4v) is 3.09. The van der Waals surface area contributed by atoms with Crippen molar-refractivity contribution >= 4 is 5.69 Å². The number of nitrogens with one attached hydrogen (secondary N) is 4. The molecule has 0 radical (unpaired) electrons. The van der Waals surface area contributed by atoms with Crippen LogP contribution in [0.2, 0.25) is 0 Å². The fraction of sp³-hybridized carbons (Fsp3) is 0.0667. The Labute approximate surface area is 146 Å². The fourth-order valence-electron chi connectivity index (χ4n) is 3.09. The smallest absolute Gasteiger partial charge is 0.328 e. The maximum absolute atomic E-state index is 12.4. The summed E-state index contributed by atoms with van der Waals surface area (Å²) in [4.78, 5) is 67.4. The van der Waals surface area contributed by atoms with Gasteiger partial charge in [-0.3, -0.25) is 39.6 Å². The summed E-state index contributed by atoms with van der Waals surface area (Å²) >= 11 is 0. The van der Waals surface area contributed by atoms with Crippen LogP contribution in [0.4, 0.5) is 5.69 Å². The molecule has 136 valence electrons. The van der Waals surface area contributed by atoms with E-state index in [1.54, 1.807) is 0 Å². The number of aromatic nitrogens is 4. The van der Waals surface area contributed by atoms with Gasteiger partial charge in [-0.2, -0.15) is 0 Å². The molecule has 0 spiro atoms. The van der Waals surface area contributed by atoms with Crippen LogP contribution in [-0.4, -0.2) is 24.9 Å². The van der Waals surface area contributed by atoms with E-state index in [2.05, 4.69) is 9.97 Å². The van der Waals surface area contributed by atoms with Crippen molar-refractivity contribution in [1.82, 2.24) is 19.9 Å². The van der Waals surface area contributed by atoms with Crippen LogP contribution in [0.5, 0.6) is 11.8 Å². The van der Waals surface area contributed by atoms with Crippen LogP contribution in [0.25, 0.3) is 0 Å². The molecule has 0 amide bonds. The lowest BCUT2D eigenvalue weighted by atomic mass is 9.85. The first-order valence-corrected chi connectivity index (χ1v) is 7.51. The van der Waals surface area contributed by atoms with Crippen LogP contribution in [0.3, 0.4) is 0 Å². The Morgan fingerprint density at radius 1 is 0.852 bits per heavy atom. The third kappa shape index (κ3) is 2.47. The maximum atomic E-state index is 12.4. The van der Waals surface area contributed by atoms with Gasteiger partial charge in [0.25, 0.3) is 16.8 Å². The number of ether oxygens (including phenoxy) is 1. The predicted octanol–water partition coefficient (Wildman–Crippen LogP) is -0.366. The van der Waals surface area contributed by atoms with Gasteiger partial charge >= 0.3 is 11.4 Å². The quantitative estimate of drug-likeness (QED) is 0.273. The number of nitro benzene ring substituents is 1.